The van der Waals surface area contributed by atoms with Gasteiger partial charge in [0, 0.05) is 0 Å². The summed E-state index contributed by atoms with van der Waals surface area (Å²) >= 11 is 0. The molecule has 0 aliphatic carbocycles. The summed E-state index contributed by atoms with van der Waals surface area (Å²) in [4.78, 5) is 0. The van der Waals surface area contributed by atoms with E-state index >= 15 is 0 Å². The quantitative estimate of drug-likeness (QED) is 0.852. The van der Waals surface area contributed by atoms with E-state index in [0.29, 0.717) is 16.9 Å². The fourth-order valence-corrected chi connectivity index (χ4v) is 1.65. The van der Waals surface area contributed by atoms with Gasteiger partial charge in [0.15, 0.2) is 6.10 Å². The molecule has 1 aromatic rings. The minimum Gasteiger partial charge on any atom is -0.496 e. The van der Waals surface area contributed by atoms with E-state index in [9.17, 15) is 13.2 Å². The van der Waals surface area contributed by atoms with Crippen molar-refractivity contribution in [1.29, 1.82) is 0 Å². The molecule has 0 radical (unpaired) electrons. The number of benzene rings is 1. The van der Waals surface area contributed by atoms with Crippen molar-refractivity contribution < 1.29 is 23.0 Å². The lowest BCUT2D eigenvalue weighted by Crippen LogP contribution is -2.20. The van der Waals surface area contributed by atoms with Gasteiger partial charge in [0.05, 0.1) is 7.11 Å². The summed E-state index contributed by atoms with van der Waals surface area (Å²) in [7, 11) is 1.45. The molecule has 1 rings (SSSR count). The van der Waals surface area contributed by atoms with Gasteiger partial charge in [-0.15, -0.1) is 0 Å². The van der Waals surface area contributed by atoms with Crippen molar-refractivity contribution in [2.75, 3.05) is 7.11 Å². The fraction of sp³-hybridized carbons (Fsp3) is 0.455. The lowest BCUT2D eigenvalue weighted by Gasteiger charge is -2.17. The molecular formula is C11H13F3O2. The molecule has 1 N–H and O–H groups in total. The molecule has 0 saturated carbocycles. The van der Waals surface area contributed by atoms with E-state index < -0.39 is 12.3 Å². The molecule has 0 aliphatic rings. The summed E-state index contributed by atoms with van der Waals surface area (Å²) in [5.41, 5.74) is 0.977. The van der Waals surface area contributed by atoms with Crippen molar-refractivity contribution in [3.63, 3.8) is 0 Å². The van der Waals surface area contributed by atoms with Crippen LogP contribution in [0.1, 0.15) is 22.8 Å². The number of hydrogen-bond acceptors (Lipinski definition) is 2. The predicted octanol–water partition coefficient (Wildman–Crippen LogP) is 2.91. The largest absolute Gasteiger partial charge is 0.496 e. The van der Waals surface area contributed by atoms with E-state index in [1.54, 1.807) is 13.8 Å². The summed E-state index contributed by atoms with van der Waals surface area (Å²) in [6, 6.07) is 2.56. The van der Waals surface area contributed by atoms with Crippen LogP contribution in [-0.4, -0.2) is 18.4 Å². The first-order chi connectivity index (χ1) is 7.27. The Morgan fingerprint density at radius 3 is 1.94 bits per heavy atom. The second-order valence-corrected chi connectivity index (χ2v) is 3.63. The lowest BCUT2D eigenvalue weighted by molar-refractivity contribution is -0.206. The minimum atomic E-state index is -4.65. The van der Waals surface area contributed by atoms with Gasteiger partial charge in [-0.1, -0.05) is 0 Å². The Morgan fingerprint density at radius 2 is 1.62 bits per heavy atom. The molecule has 0 spiro atoms. The predicted molar refractivity (Wildman–Crippen MR) is 53.5 cm³/mol. The number of aliphatic hydroxyl groups excluding tert-OH is 1. The van der Waals surface area contributed by atoms with Gasteiger partial charge in [0.2, 0.25) is 0 Å². The number of ether oxygens (including phenoxy) is 1. The topological polar surface area (TPSA) is 29.5 Å². The van der Waals surface area contributed by atoms with E-state index in [-0.39, 0.29) is 5.56 Å². The molecule has 0 unspecified atom stereocenters. The van der Waals surface area contributed by atoms with E-state index in [0.717, 1.165) is 0 Å². The van der Waals surface area contributed by atoms with Gasteiger partial charge in [-0.05, 0) is 42.7 Å². The SMILES string of the molecule is COc1c(C)cc([C@H](O)C(F)(F)F)cc1C. The molecule has 0 fully saturated rings. The smallest absolute Gasteiger partial charge is 0.418 e. The van der Waals surface area contributed by atoms with Gasteiger partial charge < -0.3 is 9.84 Å². The third kappa shape index (κ3) is 2.47. The Hall–Kier alpha value is -1.23. The van der Waals surface area contributed by atoms with Crippen LogP contribution in [0.5, 0.6) is 5.75 Å². The number of aryl methyl sites for hydroxylation is 2. The first-order valence-electron chi connectivity index (χ1n) is 4.67. The van der Waals surface area contributed by atoms with Crippen LogP contribution in [0.2, 0.25) is 0 Å². The third-order valence-corrected chi connectivity index (χ3v) is 2.31. The zero-order valence-electron chi connectivity index (χ0n) is 9.22. The maximum Gasteiger partial charge on any atom is 0.418 e. The summed E-state index contributed by atoms with van der Waals surface area (Å²) < 4.78 is 41.9. The van der Waals surface area contributed by atoms with Gasteiger partial charge in [-0.25, -0.2) is 0 Å². The highest BCUT2D eigenvalue weighted by Gasteiger charge is 2.39. The van der Waals surface area contributed by atoms with Gasteiger partial charge >= 0.3 is 6.18 Å². The van der Waals surface area contributed by atoms with Crippen molar-refractivity contribution in [3.8, 4) is 5.75 Å². The van der Waals surface area contributed by atoms with E-state index in [2.05, 4.69) is 0 Å². The van der Waals surface area contributed by atoms with E-state index in [4.69, 9.17) is 9.84 Å². The number of methoxy groups -OCH3 is 1. The Morgan fingerprint density at radius 1 is 1.19 bits per heavy atom. The highest BCUT2D eigenvalue weighted by atomic mass is 19.4. The number of aliphatic hydroxyl groups is 1. The van der Waals surface area contributed by atoms with Crippen LogP contribution in [0.15, 0.2) is 12.1 Å². The maximum atomic E-state index is 12.3. The second kappa shape index (κ2) is 4.33. The molecule has 1 aromatic carbocycles. The average molecular weight is 234 g/mol. The van der Waals surface area contributed by atoms with E-state index in [1.165, 1.54) is 19.2 Å². The summed E-state index contributed by atoms with van der Waals surface area (Å²) in [5.74, 6) is 0.540. The van der Waals surface area contributed by atoms with Crippen LogP contribution in [0.3, 0.4) is 0 Å². The Kier molecular flexibility index (Phi) is 3.48. The molecule has 16 heavy (non-hydrogen) atoms. The molecule has 0 amide bonds. The van der Waals surface area contributed by atoms with Crippen LogP contribution in [0.4, 0.5) is 13.2 Å². The van der Waals surface area contributed by atoms with Crippen molar-refractivity contribution >= 4 is 0 Å². The van der Waals surface area contributed by atoms with Crippen LogP contribution >= 0.6 is 0 Å². The standard InChI is InChI=1S/C11H13F3O2/c1-6-4-8(10(15)11(12,13)14)5-7(2)9(6)16-3/h4-5,10,15H,1-3H3/t10-/m0/s1. The molecule has 5 heteroatoms. The van der Waals surface area contributed by atoms with Crippen LogP contribution < -0.4 is 4.74 Å². The molecule has 0 saturated heterocycles. The van der Waals surface area contributed by atoms with Crippen LogP contribution in [-0.2, 0) is 0 Å². The normalized spacial score (nSPS) is 13.7. The highest BCUT2D eigenvalue weighted by molar-refractivity contribution is 5.44. The number of alkyl halides is 3. The van der Waals surface area contributed by atoms with Crippen molar-refractivity contribution in [1.82, 2.24) is 0 Å². The molecule has 2 nitrogen and oxygen atoms in total. The molecule has 0 bridgehead atoms. The Labute approximate surface area is 91.7 Å². The van der Waals surface area contributed by atoms with Crippen LogP contribution in [0.25, 0.3) is 0 Å². The first kappa shape index (κ1) is 12.8. The summed E-state index contributed by atoms with van der Waals surface area (Å²) in [5, 5.41) is 9.10. The van der Waals surface area contributed by atoms with Gasteiger partial charge in [0.1, 0.15) is 5.75 Å². The molecule has 1 atom stereocenters. The molecule has 90 valence electrons. The number of hydrogen-bond donors (Lipinski definition) is 1. The third-order valence-electron chi connectivity index (χ3n) is 2.31. The molecule has 0 aromatic heterocycles. The van der Waals surface area contributed by atoms with Crippen LogP contribution in [0, 0.1) is 13.8 Å². The minimum absolute atomic E-state index is 0.164. The Balaban J connectivity index is 3.19. The summed E-state index contributed by atoms with van der Waals surface area (Å²) in [6.45, 7) is 3.27. The maximum absolute atomic E-state index is 12.3. The average Bonchev–Trinajstić information content (AvgIpc) is 2.14. The number of halogens is 3. The molecule has 0 heterocycles. The molecular weight excluding hydrogens is 221 g/mol. The molecule has 0 aliphatic heterocycles. The zero-order chi connectivity index (χ0) is 12.5. The van der Waals surface area contributed by atoms with E-state index in [1.807, 2.05) is 0 Å². The fourth-order valence-electron chi connectivity index (χ4n) is 1.65. The van der Waals surface area contributed by atoms with Gasteiger partial charge in [0.25, 0.3) is 0 Å². The monoisotopic (exact) mass is 234 g/mol. The van der Waals surface area contributed by atoms with Gasteiger partial charge in [-0.3, -0.25) is 0 Å². The Bertz CT molecular complexity index is 362. The lowest BCUT2D eigenvalue weighted by atomic mass is 10.0. The second-order valence-electron chi connectivity index (χ2n) is 3.63. The first-order valence-corrected chi connectivity index (χ1v) is 4.67. The highest BCUT2D eigenvalue weighted by Crippen LogP contribution is 2.35. The zero-order valence-corrected chi connectivity index (χ0v) is 9.22. The number of rotatable bonds is 2. The van der Waals surface area contributed by atoms with Crippen molar-refractivity contribution in [2.24, 2.45) is 0 Å². The van der Waals surface area contributed by atoms with Gasteiger partial charge in [-0.2, -0.15) is 13.2 Å². The summed E-state index contributed by atoms with van der Waals surface area (Å²) in [6.07, 6.45) is -7.09. The van der Waals surface area contributed by atoms with Crippen molar-refractivity contribution in [2.45, 2.75) is 26.1 Å². The van der Waals surface area contributed by atoms with Crippen molar-refractivity contribution in [3.05, 3.63) is 28.8 Å².